The third-order valence-electron chi connectivity index (χ3n) is 7.40. The van der Waals surface area contributed by atoms with Crippen molar-refractivity contribution in [3.05, 3.63) is 41.5 Å². The van der Waals surface area contributed by atoms with Gasteiger partial charge in [0.2, 0.25) is 0 Å². The van der Waals surface area contributed by atoms with Crippen molar-refractivity contribution >= 4 is 23.6 Å². The predicted molar refractivity (Wildman–Crippen MR) is 142 cm³/mol. The zero-order valence-corrected chi connectivity index (χ0v) is 22.2. The van der Waals surface area contributed by atoms with Crippen LogP contribution in [0, 0.1) is 11.2 Å². The molecule has 2 saturated heterocycles. The zero-order chi connectivity index (χ0) is 27.1. The summed E-state index contributed by atoms with van der Waals surface area (Å²) in [5.74, 6) is 1.23. The molecule has 204 valence electrons. The molecule has 1 atom stereocenters. The number of nitrogens with one attached hydrogen (secondary N) is 2. The third-order valence-corrected chi connectivity index (χ3v) is 7.40. The van der Waals surface area contributed by atoms with Crippen LogP contribution in [0.4, 0.5) is 20.8 Å². The van der Waals surface area contributed by atoms with E-state index in [0.717, 1.165) is 31.5 Å². The van der Waals surface area contributed by atoms with Crippen molar-refractivity contribution in [2.75, 3.05) is 36.8 Å². The van der Waals surface area contributed by atoms with Gasteiger partial charge in [0, 0.05) is 50.7 Å². The normalized spacial score (nSPS) is 20.6. The van der Waals surface area contributed by atoms with Crippen molar-refractivity contribution in [1.82, 2.24) is 20.2 Å². The van der Waals surface area contributed by atoms with E-state index in [1.54, 1.807) is 33.0 Å². The van der Waals surface area contributed by atoms with Crippen LogP contribution in [0.1, 0.15) is 70.2 Å². The number of ether oxygens (including phenoxy) is 2. The first-order chi connectivity index (χ1) is 18.0. The number of nitrogens with zero attached hydrogens (tertiary/aromatic N) is 4. The first kappa shape index (κ1) is 26.0. The number of halogens is 1. The van der Waals surface area contributed by atoms with E-state index < -0.39 is 29.2 Å². The molecule has 38 heavy (non-hydrogen) atoms. The highest BCUT2D eigenvalue weighted by atomic mass is 19.1. The van der Waals surface area contributed by atoms with Gasteiger partial charge in [-0.2, -0.15) is 0 Å². The van der Waals surface area contributed by atoms with Crippen LogP contribution in [0.2, 0.25) is 0 Å². The summed E-state index contributed by atoms with van der Waals surface area (Å²) in [7, 11) is 0. The number of rotatable bonds is 3. The van der Waals surface area contributed by atoms with Crippen molar-refractivity contribution in [1.29, 1.82) is 5.41 Å². The number of piperidine rings is 2. The van der Waals surface area contributed by atoms with Gasteiger partial charge in [0.05, 0.1) is 6.20 Å². The molecule has 1 spiro atoms. The fraction of sp³-hybridized carbons (Fsp3) is 0.556. The van der Waals surface area contributed by atoms with Crippen molar-refractivity contribution < 1.29 is 18.7 Å². The molecule has 2 aromatic rings. The molecule has 10 nitrogen and oxygen atoms in total. The molecule has 4 heterocycles. The van der Waals surface area contributed by atoms with Crippen LogP contribution in [-0.4, -0.2) is 64.2 Å². The topological polar surface area (TPSA) is 130 Å². The van der Waals surface area contributed by atoms with E-state index in [1.165, 1.54) is 18.6 Å². The van der Waals surface area contributed by atoms with E-state index in [0.29, 0.717) is 49.0 Å². The summed E-state index contributed by atoms with van der Waals surface area (Å²) in [6.45, 7) is 8.23. The highest BCUT2D eigenvalue weighted by Crippen LogP contribution is 2.49. The van der Waals surface area contributed by atoms with Crippen LogP contribution < -0.4 is 20.7 Å². The second kappa shape index (κ2) is 9.92. The number of carbonyl (C=O) groups excluding carboxylic acids is 1. The second-order valence-corrected chi connectivity index (χ2v) is 11.3. The number of hydrogen-bond acceptors (Lipinski definition) is 8. The number of nitrogen functional groups attached to an aromatic ring is 1. The number of alkyl carbamates (subject to hydrolysis) is 1. The van der Waals surface area contributed by atoms with Crippen LogP contribution in [0.5, 0.6) is 5.75 Å². The maximum atomic E-state index is 14.0. The molecule has 1 amide bonds. The van der Waals surface area contributed by atoms with E-state index in [2.05, 4.69) is 20.2 Å². The van der Waals surface area contributed by atoms with E-state index >= 15 is 0 Å². The molecule has 3 aliphatic rings. The monoisotopic (exact) mass is 525 g/mol. The third kappa shape index (κ3) is 5.19. The van der Waals surface area contributed by atoms with Gasteiger partial charge in [-0.1, -0.05) is 6.07 Å². The molecule has 5 rings (SSSR count). The smallest absolute Gasteiger partial charge is 0.408 e. The zero-order valence-electron chi connectivity index (χ0n) is 22.2. The molecule has 0 unspecified atom stereocenters. The molecule has 1 aromatic carbocycles. The van der Waals surface area contributed by atoms with Crippen LogP contribution in [0.3, 0.4) is 0 Å². The maximum Gasteiger partial charge on any atom is 0.408 e. The fourth-order valence-electron chi connectivity index (χ4n) is 5.53. The number of hydrogen-bond donors (Lipinski definition) is 3. The average molecular weight is 526 g/mol. The highest BCUT2D eigenvalue weighted by molar-refractivity contribution is 5.98. The van der Waals surface area contributed by atoms with Crippen molar-refractivity contribution in [2.24, 2.45) is 0 Å². The summed E-state index contributed by atoms with van der Waals surface area (Å²) in [6.07, 6.45) is 5.52. The number of fused-ring (bicyclic) bond motifs is 1. The molecule has 4 N–H and O–H groups in total. The molecule has 0 bridgehead atoms. The molecular formula is C27H36FN7O3. The van der Waals surface area contributed by atoms with E-state index in [1.807, 2.05) is 4.90 Å². The number of likely N-dealkylation sites (tertiary alicyclic amines) is 1. The molecule has 0 saturated carbocycles. The van der Waals surface area contributed by atoms with Gasteiger partial charge in [-0.25, -0.2) is 19.2 Å². The number of aromatic nitrogens is 2. The van der Waals surface area contributed by atoms with Crippen LogP contribution >= 0.6 is 0 Å². The number of anilines is 2. The minimum absolute atomic E-state index is 0.239. The minimum Gasteiger partial charge on any atom is -0.484 e. The molecule has 3 aliphatic heterocycles. The Bertz CT molecular complexity index is 1220. The van der Waals surface area contributed by atoms with Crippen LogP contribution in [0.25, 0.3) is 0 Å². The lowest BCUT2D eigenvalue weighted by Gasteiger charge is -2.42. The summed E-state index contributed by atoms with van der Waals surface area (Å²) >= 11 is 0. The largest absolute Gasteiger partial charge is 0.484 e. The molecule has 11 heteroatoms. The second-order valence-electron chi connectivity index (χ2n) is 11.3. The summed E-state index contributed by atoms with van der Waals surface area (Å²) in [6, 6.07) is 3.92. The van der Waals surface area contributed by atoms with Gasteiger partial charge in [0.25, 0.3) is 0 Å². The lowest BCUT2D eigenvalue weighted by atomic mass is 9.82. The molecule has 0 radical (unpaired) electrons. The quantitative estimate of drug-likeness (QED) is 0.405. The average Bonchev–Trinajstić information content (AvgIpc) is 3.14. The lowest BCUT2D eigenvalue weighted by molar-refractivity contribution is 0.0148. The van der Waals surface area contributed by atoms with E-state index in [4.69, 9.17) is 20.6 Å². The first-order valence-electron chi connectivity index (χ1n) is 13.2. The number of nitrogens with two attached hydrogens (primary N) is 1. The minimum atomic E-state index is -0.751. The molecule has 2 fully saturated rings. The Morgan fingerprint density at radius 1 is 1.21 bits per heavy atom. The van der Waals surface area contributed by atoms with Crippen LogP contribution in [0.15, 0.2) is 24.4 Å². The van der Waals surface area contributed by atoms with Gasteiger partial charge in [-0.05, 0) is 46.1 Å². The van der Waals surface area contributed by atoms with Crippen molar-refractivity contribution in [3.8, 4) is 5.75 Å². The molecule has 0 aliphatic carbocycles. The Morgan fingerprint density at radius 3 is 2.58 bits per heavy atom. The number of amidine groups is 1. The predicted octanol–water partition coefficient (Wildman–Crippen LogP) is 4.01. The SMILES string of the molecule is CC(C)(C)OC(=O)N[C@@H]1c2ccc(F)cc2OC12CCN(c1cnc(C(=N)N3CCCCC3)c(N)n1)CC2. The maximum absolute atomic E-state index is 14.0. The molecule has 1 aromatic heterocycles. The Balaban J connectivity index is 1.31. The Labute approximate surface area is 222 Å². The van der Waals surface area contributed by atoms with Gasteiger partial charge in [-0.3, -0.25) is 5.41 Å². The fourth-order valence-corrected chi connectivity index (χ4v) is 5.53. The van der Waals surface area contributed by atoms with Crippen molar-refractivity contribution in [3.63, 3.8) is 0 Å². The summed E-state index contributed by atoms with van der Waals surface area (Å²) in [4.78, 5) is 25.9. The van der Waals surface area contributed by atoms with Crippen molar-refractivity contribution in [2.45, 2.75) is 70.1 Å². The number of benzene rings is 1. The standard InChI is InChI=1S/C27H36FN7O3/c1-26(2,3)38-25(36)33-22-18-8-7-17(28)15-19(18)37-27(22)9-13-34(14-10-27)20-16-31-21(23(29)32-20)24(30)35-11-5-4-6-12-35/h7-8,15-16,22,30H,4-6,9-14H2,1-3H3,(H2,29,32)(H,33,36)/t22-/m1/s1. The van der Waals surface area contributed by atoms with Gasteiger partial charge in [-0.15, -0.1) is 0 Å². The van der Waals surface area contributed by atoms with Gasteiger partial charge in [0.1, 0.15) is 40.3 Å². The Kier molecular flexibility index (Phi) is 6.79. The highest BCUT2D eigenvalue weighted by Gasteiger charge is 2.51. The summed E-state index contributed by atoms with van der Waals surface area (Å²) < 4.78 is 25.9. The Morgan fingerprint density at radius 2 is 1.92 bits per heavy atom. The number of carbonyl (C=O) groups is 1. The van der Waals surface area contributed by atoms with Crippen LogP contribution in [-0.2, 0) is 4.74 Å². The van der Waals surface area contributed by atoms with E-state index in [9.17, 15) is 9.18 Å². The Hall–Kier alpha value is -3.63. The van der Waals surface area contributed by atoms with Gasteiger partial charge in [0.15, 0.2) is 11.7 Å². The number of amides is 1. The summed E-state index contributed by atoms with van der Waals surface area (Å²) in [5, 5.41) is 11.5. The van der Waals surface area contributed by atoms with E-state index in [-0.39, 0.29) is 5.82 Å². The summed E-state index contributed by atoms with van der Waals surface area (Å²) in [5.41, 5.74) is 5.99. The molecular weight excluding hydrogens is 489 g/mol. The van der Waals surface area contributed by atoms with Gasteiger partial charge >= 0.3 is 6.09 Å². The lowest BCUT2D eigenvalue weighted by Crippen LogP contribution is -2.54. The first-order valence-corrected chi connectivity index (χ1v) is 13.2. The van der Waals surface area contributed by atoms with Gasteiger partial charge < -0.3 is 30.3 Å².